The smallest absolute Gasteiger partial charge is 0.137 e. The summed E-state index contributed by atoms with van der Waals surface area (Å²) in [4.78, 5) is 8.63. The van der Waals surface area contributed by atoms with Gasteiger partial charge in [-0.25, -0.2) is 9.97 Å². The minimum atomic E-state index is 0.703. The molecule has 0 aliphatic carbocycles. The Hall–Kier alpha value is -1.84. The molecule has 3 N–H and O–H groups in total. The molecular weight excluding hydrogens is 248 g/mol. The first-order valence-corrected chi connectivity index (χ1v) is 7.48. The zero-order valence-electron chi connectivity index (χ0n) is 12.4. The van der Waals surface area contributed by atoms with E-state index in [2.05, 4.69) is 29.1 Å². The summed E-state index contributed by atoms with van der Waals surface area (Å²) in [5, 5.41) is 4.51. The van der Waals surface area contributed by atoms with E-state index in [0.29, 0.717) is 5.92 Å². The lowest BCUT2D eigenvalue weighted by Crippen LogP contribution is -2.14. The van der Waals surface area contributed by atoms with Crippen LogP contribution >= 0.6 is 0 Å². The van der Waals surface area contributed by atoms with E-state index >= 15 is 0 Å². The second-order valence-electron chi connectivity index (χ2n) is 5.30. The van der Waals surface area contributed by atoms with Crippen molar-refractivity contribution < 1.29 is 0 Å². The molecule has 0 saturated heterocycles. The minimum absolute atomic E-state index is 0.703. The highest BCUT2D eigenvalue weighted by molar-refractivity contribution is 5.90. The molecule has 1 heterocycles. The van der Waals surface area contributed by atoms with Crippen molar-refractivity contribution in [1.82, 2.24) is 9.97 Å². The van der Waals surface area contributed by atoms with Gasteiger partial charge in [-0.15, -0.1) is 0 Å². The lowest BCUT2D eigenvalue weighted by molar-refractivity contribution is 0.472. The molecule has 0 fully saturated rings. The van der Waals surface area contributed by atoms with Crippen LogP contribution in [-0.4, -0.2) is 16.5 Å². The SMILES string of the molecule is CCCCC(CC)CNc1ncnc2cc(N)ccc12. The van der Waals surface area contributed by atoms with Gasteiger partial charge < -0.3 is 11.1 Å². The molecule has 1 atom stereocenters. The van der Waals surface area contributed by atoms with Crippen LogP contribution in [0.15, 0.2) is 24.5 Å². The maximum Gasteiger partial charge on any atom is 0.137 e. The Morgan fingerprint density at radius 3 is 2.85 bits per heavy atom. The van der Waals surface area contributed by atoms with Crippen LogP contribution in [0.5, 0.6) is 0 Å². The molecule has 0 spiro atoms. The van der Waals surface area contributed by atoms with Crippen molar-refractivity contribution in [2.24, 2.45) is 5.92 Å². The van der Waals surface area contributed by atoms with Crippen molar-refractivity contribution in [3.05, 3.63) is 24.5 Å². The molecule has 2 aromatic rings. The summed E-state index contributed by atoms with van der Waals surface area (Å²) in [6.07, 6.45) is 6.61. The van der Waals surface area contributed by atoms with Crippen molar-refractivity contribution >= 4 is 22.4 Å². The van der Waals surface area contributed by atoms with Gasteiger partial charge in [0.05, 0.1) is 5.52 Å². The first-order valence-electron chi connectivity index (χ1n) is 7.48. The molecule has 1 aromatic heterocycles. The van der Waals surface area contributed by atoms with Crippen LogP contribution in [-0.2, 0) is 0 Å². The van der Waals surface area contributed by atoms with Gasteiger partial charge in [-0.3, -0.25) is 0 Å². The summed E-state index contributed by atoms with van der Waals surface area (Å²) in [7, 11) is 0. The van der Waals surface area contributed by atoms with E-state index < -0.39 is 0 Å². The van der Waals surface area contributed by atoms with Crippen LogP contribution in [0.1, 0.15) is 39.5 Å². The number of anilines is 2. The highest BCUT2D eigenvalue weighted by Crippen LogP contribution is 2.22. The fraction of sp³-hybridized carbons (Fsp3) is 0.500. The van der Waals surface area contributed by atoms with Crippen LogP contribution in [0.25, 0.3) is 10.9 Å². The molecule has 2 rings (SSSR count). The van der Waals surface area contributed by atoms with Crippen molar-refractivity contribution in [3.8, 4) is 0 Å². The number of fused-ring (bicyclic) bond motifs is 1. The van der Waals surface area contributed by atoms with E-state index in [1.807, 2.05) is 18.2 Å². The van der Waals surface area contributed by atoms with Gasteiger partial charge in [-0.2, -0.15) is 0 Å². The molecule has 0 aliphatic heterocycles. The number of nitrogens with one attached hydrogen (secondary N) is 1. The summed E-state index contributed by atoms with van der Waals surface area (Å²) in [5.74, 6) is 1.61. The van der Waals surface area contributed by atoms with E-state index in [4.69, 9.17) is 5.73 Å². The van der Waals surface area contributed by atoms with Gasteiger partial charge in [0.1, 0.15) is 12.1 Å². The molecule has 1 aromatic carbocycles. The van der Waals surface area contributed by atoms with Crippen LogP contribution in [0.4, 0.5) is 11.5 Å². The normalized spacial score (nSPS) is 12.5. The average molecular weight is 272 g/mol. The van der Waals surface area contributed by atoms with E-state index in [9.17, 15) is 0 Å². The third kappa shape index (κ3) is 3.59. The van der Waals surface area contributed by atoms with Crippen molar-refractivity contribution in [1.29, 1.82) is 0 Å². The second-order valence-corrected chi connectivity index (χ2v) is 5.30. The Morgan fingerprint density at radius 2 is 2.10 bits per heavy atom. The largest absolute Gasteiger partial charge is 0.399 e. The van der Waals surface area contributed by atoms with Crippen molar-refractivity contribution in [2.75, 3.05) is 17.6 Å². The van der Waals surface area contributed by atoms with Crippen molar-refractivity contribution in [3.63, 3.8) is 0 Å². The lowest BCUT2D eigenvalue weighted by Gasteiger charge is -2.16. The predicted molar refractivity (Wildman–Crippen MR) is 85.7 cm³/mol. The molecule has 0 amide bonds. The summed E-state index contributed by atoms with van der Waals surface area (Å²) < 4.78 is 0. The third-order valence-electron chi connectivity index (χ3n) is 3.76. The molecular formula is C16H24N4. The molecule has 108 valence electrons. The summed E-state index contributed by atoms with van der Waals surface area (Å²) in [6, 6.07) is 5.77. The Labute approximate surface area is 120 Å². The first kappa shape index (κ1) is 14.6. The number of unbranched alkanes of at least 4 members (excludes halogenated alkanes) is 1. The highest BCUT2D eigenvalue weighted by atomic mass is 15.0. The summed E-state index contributed by atoms with van der Waals surface area (Å²) in [6.45, 7) is 5.45. The lowest BCUT2D eigenvalue weighted by atomic mass is 9.99. The zero-order valence-corrected chi connectivity index (χ0v) is 12.4. The Kier molecular flexibility index (Phi) is 5.16. The van der Waals surface area contributed by atoms with Gasteiger partial charge in [0.15, 0.2) is 0 Å². The topological polar surface area (TPSA) is 63.8 Å². The molecule has 0 radical (unpaired) electrons. The molecule has 4 nitrogen and oxygen atoms in total. The van der Waals surface area contributed by atoms with Crippen molar-refractivity contribution in [2.45, 2.75) is 39.5 Å². The Bertz CT molecular complexity index is 553. The van der Waals surface area contributed by atoms with Gasteiger partial charge in [0.2, 0.25) is 0 Å². The first-order chi connectivity index (χ1) is 9.74. The number of nitrogen functional groups attached to an aromatic ring is 1. The predicted octanol–water partition coefficient (Wildman–Crippen LogP) is 3.84. The van der Waals surface area contributed by atoms with E-state index in [0.717, 1.165) is 29.0 Å². The number of rotatable bonds is 7. The number of nitrogens with two attached hydrogens (primary N) is 1. The Balaban J connectivity index is 2.09. The molecule has 20 heavy (non-hydrogen) atoms. The third-order valence-corrected chi connectivity index (χ3v) is 3.76. The molecule has 1 unspecified atom stereocenters. The van der Waals surface area contributed by atoms with Gasteiger partial charge in [-0.05, 0) is 30.5 Å². The van der Waals surface area contributed by atoms with Gasteiger partial charge in [0, 0.05) is 17.6 Å². The minimum Gasteiger partial charge on any atom is -0.399 e. The quantitative estimate of drug-likeness (QED) is 0.752. The standard InChI is InChI=1S/C16H24N4/c1-3-5-6-12(4-2)10-18-16-14-8-7-13(17)9-15(14)19-11-20-16/h7-9,11-12H,3-6,10,17H2,1-2H3,(H,18,19,20). The monoisotopic (exact) mass is 272 g/mol. The maximum atomic E-state index is 5.79. The summed E-state index contributed by atoms with van der Waals surface area (Å²) in [5.41, 5.74) is 7.42. The maximum absolute atomic E-state index is 5.79. The van der Waals surface area contributed by atoms with Gasteiger partial charge >= 0.3 is 0 Å². The molecule has 0 saturated carbocycles. The number of aromatic nitrogens is 2. The van der Waals surface area contributed by atoms with Gasteiger partial charge in [0.25, 0.3) is 0 Å². The van der Waals surface area contributed by atoms with Crippen LogP contribution in [0.3, 0.4) is 0 Å². The van der Waals surface area contributed by atoms with Crippen LogP contribution < -0.4 is 11.1 Å². The fourth-order valence-electron chi connectivity index (χ4n) is 2.40. The van der Waals surface area contributed by atoms with E-state index in [-0.39, 0.29) is 0 Å². The number of hydrogen-bond donors (Lipinski definition) is 2. The highest BCUT2D eigenvalue weighted by Gasteiger charge is 2.08. The number of hydrogen-bond acceptors (Lipinski definition) is 4. The van der Waals surface area contributed by atoms with Crippen LogP contribution in [0.2, 0.25) is 0 Å². The van der Waals surface area contributed by atoms with E-state index in [1.165, 1.54) is 25.7 Å². The summed E-state index contributed by atoms with van der Waals surface area (Å²) >= 11 is 0. The molecule has 4 heteroatoms. The second kappa shape index (κ2) is 7.08. The van der Waals surface area contributed by atoms with Gasteiger partial charge in [-0.1, -0.05) is 33.1 Å². The number of nitrogens with zero attached hydrogens (tertiary/aromatic N) is 2. The number of benzene rings is 1. The van der Waals surface area contributed by atoms with Crippen LogP contribution in [0, 0.1) is 5.92 Å². The molecule has 0 aliphatic rings. The average Bonchev–Trinajstić information content (AvgIpc) is 2.47. The fourth-order valence-corrected chi connectivity index (χ4v) is 2.40. The molecule has 0 bridgehead atoms. The van der Waals surface area contributed by atoms with E-state index in [1.54, 1.807) is 6.33 Å². The zero-order chi connectivity index (χ0) is 14.4. The Morgan fingerprint density at radius 1 is 1.25 bits per heavy atom.